The van der Waals surface area contributed by atoms with Gasteiger partial charge in [0, 0.05) is 12.0 Å². The molecule has 1 aliphatic carbocycles. The Morgan fingerprint density at radius 2 is 2.00 bits per heavy atom. The molecule has 4 heteroatoms. The van der Waals surface area contributed by atoms with Crippen LogP contribution in [-0.4, -0.2) is 18.6 Å². The second-order valence-corrected chi connectivity index (χ2v) is 5.45. The first kappa shape index (κ1) is 14.9. The zero-order valence-electron chi connectivity index (χ0n) is 12.1. The van der Waals surface area contributed by atoms with Crippen LogP contribution in [0.2, 0.25) is 0 Å². The zero-order chi connectivity index (χ0) is 14.4. The van der Waals surface area contributed by atoms with Crippen molar-refractivity contribution in [1.82, 2.24) is 0 Å². The van der Waals surface area contributed by atoms with Crippen molar-refractivity contribution in [2.75, 3.05) is 11.9 Å². The first-order chi connectivity index (χ1) is 9.70. The molecule has 0 unspecified atom stereocenters. The molecule has 0 bridgehead atoms. The highest BCUT2D eigenvalue weighted by molar-refractivity contribution is 5.94. The molecule has 1 aromatic rings. The molecule has 20 heavy (non-hydrogen) atoms. The van der Waals surface area contributed by atoms with E-state index in [-0.39, 0.29) is 17.9 Å². The first-order valence-electron chi connectivity index (χ1n) is 7.49. The van der Waals surface area contributed by atoms with Crippen molar-refractivity contribution in [2.24, 2.45) is 11.7 Å². The third-order valence-corrected chi connectivity index (χ3v) is 3.75. The highest BCUT2D eigenvalue weighted by Gasteiger charge is 2.25. The van der Waals surface area contributed by atoms with Gasteiger partial charge in [0.1, 0.15) is 5.75 Å². The van der Waals surface area contributed by atoms with Crippen molar-refractivity contribution < 1.29 is 9.53 Å². The van der Waals surface area contributed by atoms with Crippen molar-refractivity contribution in [3.8, 4) is 5.75 Å². The highest BCUT2D eigenvalue weighted by atomic mass is 16.5. The molecule has 0 atom stereocenters. The van der Waals surface area contributed by atoms with Crippen LogP contribution in [0.3, 0.4) is 0 Å². The summed E-state index contributed by atoms with van der Waals surface area (Å²) in [4.78, 5) is 12.3. The molecular weight excluding hydrogens is 252 g/mol. The average Bonchev–Trinajstić information content (AvgIpc) is 2.47. The van der Waals surface area contributed by atoms with E-state index in [4.69, 9.17) is 10.5 Å². The minimum atomic E-state index is 0.0778. The molecule has 0 radical (unpaired) electrons. The molecule has 2 rings (SSSR count). The number of anilines is 1. The summed E-state index contributed by atoms with van der Waals surface area (Å²) in [6, 6.07) is 7.87. The molecule has 0 spiro atoms. The molecule has 0 heterocycles. The monoisotopic (exact) mass is 276 g/mol. The minimum Gasteiger partial charge on any atom is -0.491 e. The van der Waals surface area contributed by atoms with Gasteiger partial charge in [0.15, 0.2) is 0 Å². The maximum Gasteiger partial charge on any atom is 0.227 e. The third-order valence-electron chi connectivity index (χ3n) is 3.75. The number of nitrogens with two attached hydrogens (primary N) is 1. The van der Waals surface area contributed by atoms with Gasteiger partial charge < -0.3 is 15.8 Å². The summed E-state index contributed by atoms with van der Waals surface area (Å²) in [5.41, 5.74) is 6.64. The van der Waals surface area contributed by atoms with E-state index < -0.39 is 0 Å². The van der Waals surface area contributed by atoms with Gasteiger partial charge in [0.05, 0.1) is 12.3 Å². The summed E-state index contributed by atoms with van der Waals surface area (Å²) < 4.78 is 5.66. The number of hydrogen-bond donors (Lipinski definition) is 2. The Labute approximate surface area is 120 Å². The second kappa shape index (κ2) is 7.29. The Morgan fingerprint density at radius 3 is 2.70 bits per heavy atom. The van der Waals surface area contributed by atoms with Crippen LogP contribution in [0.4, 0.5) is 5.69 Å². The predicted molar refractivity (Wildman–Crippen MR) is 80.8 cm³/mol. The number of nitrogens with one attached hydrogen (secondary N) is 1. The van der Waals surface area contributed by atoms with Gasteiger partial charge >= 0.3 is 0 Å². The molecule has 0 saturated heterocycles. The Hall–Kier alpha value is -1.55. The summed E-state index contributed by atoms with van der Waals surface area (Å²) in [6.07, 6.45) is 4.58. The van der Waals surface area contributed by atoms with E-state index in [0.717, 1.165) is 43.5 Å². The molecule has 1 saturated carbocycles. The summed E-state index contributed by atoms with van der Waals surface area (Å²) in [5, 5.41) is 3.00. The quantitative estimate of drug-likeness (QED) is 0.869. The standard InChI is InChI=1S/C16H24N2O2/c1-2-11-20-15-6-4-3-5-14(15)18-16(19)12-7-9-13(17)10-8-12/h3-6,12-13H,2,7-11,17H2,1H3,(H,18,19). The number of hydrogen-bond acceptors (Lipinski definition) is 3. The lowest BCUT2D eigenvalue weighted by Crippen LogP contribution is -2.32. The van der Waals surface area contributed by atoms with Crippen LogP contribution < -0.4 is 15.8 Å². The highest BCUT2D eigenvalue weighted by Crippen LogP contribution is 2.28. The van der Waals surface area contributed by atoms with Crippen molar-refractivity contribution in [1.29, 1.82) is 0 Å². The number of carbonyl (C=O) groups excluding carboxylic acids is 1. The Morgan fingerprint density at radius 1 is 1.30 bits per heavy atom. The van der Waals surface area contributed by atoms with E-state index in [0.29, 0.717) is 6.61 Å². The van der Waals surface area contributed by atoms with E-state index in [2.05, 4.69) is 12.2 Å². The lowest BCUT2D eigenvalue weighted by molar-refractivity contribution is -0.120. The van der Waals surface area contributed by atoms with E-state index in [1.165, 1.54) is 0 Å². The molecular formula is C16H24N2O2. The topological polar surface area (TPSA) is 64.3 Å². The minimum absolute atomic E-state index is 0.0778. The second-order valence-electron chi connectivity index (χ2n) is 5.45. The van der Waals surface area contributed by atoms with Crippen LogP contribution in [0, 0.1) is 5.92 Å². The lowest BCUT2D eigenvalue weighted by Gasteiger charge is -2.25. The van der Waals surface area contributed by atoms with Gasteiger partial charge in [-0.25, -0.2) is 0 Å². The maximum atomic E-state index is 12.3. The average molecular weight is 276 g/mol. The van der Waals surface area contributed by atoms with Crippen LogP contribution in [0.15, 0.2) is 24.3 Å². The number of amides is 1. The fourth-order valence-electron chi connectivity index (χ4n) is 2.52. The molecule has 0 aromatic heterocycles. The normalized spacial score (nSPS) is 22.3. The van der Waals surface area contributed by atoms with E-state index >= 15 is 0 Å². The molecule has 1 amide bonds. The summed E-state index contributed by atoms with van der Waals surface area (Å²) in [7, 11) is 0. The van der Waals surface area contributed by atoms with Crippen LogP contribution >= 0.6 is 0 Å². The van der Waals surface area contributed by atoms with Crippen molar-refractivity contribution in [2.45, 2.75) is 45.1 Å². The largest absolute Gasteiger partial charge is 0.491 e. The Bertz CT molecular complexity index is 440. The Balaban J connectivity index is 1.96. The van der Waals surface area contributed by atoms with Crippen LogP contribution in [0.1, 0.15) is 39.0 Å². The lowest BCUT2D eigenvalue weighted by atomic mass is 9.86. The predicted octanol–water partition coefficient (Wildman–Crippen LogP) is 2.93. The van der Waals surface area contributed by atoms with Gasteiger partial charge in [-0.3, -0.25) is 4.79 Å². The number of rotatable bonds is 5. The molecule has 1 aliphatic rings. The first-order valence-corrected chi connectivity index (χ1v) is 7.49. The van der Waals surface area contributed by atoms with Crippen molar-refractivity contribution in [3.63, 3.8) is 0 Å². The van der Waals surface area contributed by atoms with Gasteiger partial charge in [-0.05, 0) is 44.2 Å². The van der Waals surface area contributed by atoms with Crippen LogP contribution in [0.25, 0.3) is 0 Å². The molecule has 4 nitrogen and oxygen atoms in total. The third kappa shape index (κ3) is 3.97. The van der Waals surface area contributed by atoms with Gasteiger partial charge in [-0.2, -0.15) is 0 Å². The fourth-order valence-corrected chi connectivity index (χ4v) is 2.52. The number of benzene rings is 1. The van der Waals surface area contributed by atoms with E-state index in [1.807, 2.05) is 24.3 Å². The number of para-hydroxylation sites is 2. The summed E-state index contributed by atoms with van der Waals surface area (Å²) >= 11 is 0. The SMILES string of the molecule is CCCOc1ccccc1NC(=O)C1CCC(N)CC1. The summed E-state index contributed by atoms with van der Waals surface area (Å²) in [6.45, 7) is 2.72. The van der Waals surface area contributed by atoms with Crippen LogP contribution in [0.5, 0.6) is 5.75 Å². The molecule has 0 aliphatic heterocycles. The van der Waals surface area contributed by atoms with Gasteiger partial charge in [0.2, 0.25) is 5.91 Å². The molecule has 1 aromatic carbocycles. The van der Waals surface area contributed by atoms with Gasteiger partial charge in [0.25, 0.3) is 0 Å². The fraction of sp³-hybridized carbons (Fsp3) is 0.562. The number of ether oxygens (including phenoxy) is 1. The number of carbonyl (C=O) groups is 1. The molecule has 110 valence electrons. The Kier molecular flexibility index (Phi) is 5.41. The van der Waals surface area contributed by atoms with Crippen molar-refractivity contribution >= 4 is 11.6 Å². The molecule has 3 N–H and O–H groups in total. The molecule has 1 fully saturated rings. The van der Waals surface area contributed by atoms with E-state index in [1.54, 1.807) is 0 Å². The summed E-state index contributed by atoms with van der Waals surface area (Å²) in [5.74, 6) is 0.911. The van der Waals surface area contributed by atoms with Gasteiger partial charge in [-0.15, -0.1) is 0 Å². The maximum absolute atomic E-state index is 12.3. The van der Waals surface area contributed by atoms with Gasteiger partial charge in [-0.1, -0.05) is 19.1 Å². The smallest absolute Gasteiger partial charge is 0.227 e. The zero-order valence-corrected chi connectivity index (χ0v) is 12.1. The van der Waals surface area contributed by atoms with Crippen molar-refractivity contribution in [3.05, 3.63) is 24.3 Å². The van der Waals surface area contributed by atoms with E-state index in [9.17, 15) is 4.79 Å². The van der Waals surface area contributed by atoms with Crippen LogP contribution in [-0.2, 0) is 4.79 Å².